The highest BCUT2D eigenvalue weighted by Crippen LogP contribution is 2.38. The van der Waals surface area contributed by atoms with E-state index in [0.717, 1.165) is 45.1 Å². The van der Waals surface area contributed by atoms with Crippen LogP contribution >= 0.6 is 11.3 Å². The molecule has 2 aliphatic rings. The summed E-state index contributed by atoms with van der Waals surface area (Å²) < 4.78 is 0. The average Bonchev–Trinajstić information content (AvgIpc) is 3.15. The molecule has 2 heterocycles. The lowest BCUT2D eigenvalue weighted by atomic mass is 9.71. The van der Waals surface area contributed by atoms with Crippen LogP contribution in [0.15, 0.2) is 11.4 Å². The molecule has 0 spiro atoms. The molecule has 1 aromatic rings. The first kappa shape index (κ1) is 20.3. The number of hydrogen-bond acceptors (Lipinski definition) is 4. The van der Waals surface area contributed by atoms with Gasteiger partial charge in [-0.1, -0.05) is 32.6 Å². The van der Waals surface area contributed by atoms with E-state index >= 15 is 0 Å². The third-order valence-electron chi connectivity index (χ3n) is 6.21. The smallest absolute Gasteiger partial charge is 0.245 e. The Morgan fingerprint density at radius 3 is 2.81 bits per heavy atom. The number of nitrogens with zero attached hydrogens (tertiary/aromatic N) is 1. The SMILES string of the molecule is CCCC(NC(=O)CC1(CN)CCCCC1)C(=O)N1CCc2sccc2C1. The number of fused-ring (bicyclic) bond motifs is 1. The van der Waals surface area contributed by atoms with Gasteiger partial charge in [-0.05, 0) is 54.7 Å². The van der Waals surface area contributed by atoms with Crippen molar-refractivity contribution in [3.8, 4) is 0 Å². The number of nitrogens with two attached hydrogens (primary N) is 1. The highest BCUT2D eigenvalue weighted by Gasteiger charge is 2.35. The molecule has 150 valence electrons. The van der Waals surface area contributed by atoms with E-state index in [2.05, 4.69) is 23.7 Å². The van der Waals surface area contributed by atoms with E-state index in [1.165, 1.54) is 16.9 Å². The Bertz CT molecular complexity index is 652. The van der Waals surface area contributed by atoms with Gasteiger partial charge in [-0.3, -0.25) is 9.59 Å². The summed E-state index contributed by atoms with van der Waals surface area (Å²) in [6, 6.07) is 1.70. The number of carbonyl (C=O) groups is 2. The lowest BCUT2D eigenvalue weighted by molar-refractivity contribution is -0.138. The molecular weight excluding hydrogens is 358 g/mol. The second kappa shape index (κ2) is 9.20. The van der Waals surface area contributed by atoms with Crippen molar-refractivity contribution in [2.45, 2.75) is 77.3 Å². The van der Waals surface area contributed by atoms with E-state index in [1.54, 1.807) is 11.3 Å². The maximum Gasteiger partial charge on any atom is 0.245 e. The van der Waals surface area contributed by atoms with Crippen molar-refractivity contribution in [2.75, 3.05) is 13.1 Å². The number of amides is 2. The highest BCUT2D eigenvalue weighted by molar-refractivity contribution is 7.10. The molecule has 1 aliphatic carbocycles. The molecule has 0 bridgehead atoms. The third-order valence-corrected chi connectivity index (χ3v) is 7.24. The zero-order valence-electron chi connectivity index (χ0n) is 16.5. The first-order valence-corrected chi connectivity index (χ1v) is 11.3. The van der Waals surface area contributed by atoms with Crippen LogP contribution in [0, 0.1) is 5.41 Å². The van der Waals surface area contributed by atoms with Gasteiger partial charge in [0.05, 0.1) is 0 Å². The molecule has 2 amide bonds. The average molecular weight is 392 g/mol. The summed E-state index contributed by atoms with van der Waals surface area (Å²) >= 11 is 1.77. The van der Waals surface area contributed by atoms with Crippen molar-refractivity contribution in [3.63, 3.8) is 0 Å². The minimum absolute atomic E-state index is 0.0117. The lowest BCUT2D eigenvalue weighted by Gasteiger charge is -2.36. The summed E-state index contributed by atoms with van der Waals surface area (Å²) in [6.07, 6.45) is 8.51. The van der Waals surface area contributed by atoms with E-state index in [4.69, 9.17) is 5.73 Å². The number of rotatable bonds is 7. The van der Waals surface area contributed by atoms with Gasteiger partial charge >= 0.3 is 0 Å². The van der Waals surface area contributed by atoms with Crippen LogP contribution in [0.25, 0.3) is 0 Å². The van der Waals surface area contributed by atoms with Crippen LogP contribution in [0.2, 0.25) is 0 Å². The summed E-state index contributed by atoms with van der Waals surface area (Å²) in [5.74, 6) is 0.0508. The lowest BCUT2D eigenvalue weighted by Crippen LogP contribution is -2.50. The summed E-state index contributed by atoms with van der Waals surface area (Å²) in [4.78, 5) is 29.2. The quantitative estimate of drug-likeness (QED) is 0.749. The molecule has 0 radical (unpaired) electrons. The molecule has 3 rings (SSSR count). The van der Waals surface area contributed by atoms with Gasteiger partial charge in [-0.15, -0.1) is 11.3 Å². The zero-order valence-corrected chi connectivity index (χ0v) is 17.3. The topological polar surface area (TPSA) is 75.4 Å². The Kier molecular flexibility index (Phi) is 6.93. The van der Waals surface area contributed by atoms with Gasteiger partial charge in [-0.2, -0.15) is 0 Å². The van der Waals surface area contributed by atoms with Crippen LogP contribution in [0.5, 0.6) is 0 Å². The molecule has 5 nitrogen and oxygen atoms in total. The largest absolute Gasteiger partial charge is 0.344 e. The van der Waals surface area contributed by atoms with Gasteiger partial charge in [0.15, 0.2) is 0 Å². The van der Waals surface area contributed by atoms with E-state index in [9.17, 15) is 9.59 Å². The van der Waals surface area contributed by atoms with Crippen LogP contribution in [0.4, 0.5) is 0 Å². The van der Waals surface area contributed by atoms with E-state index in [1.807, 2.05) is 4.90 Å². The molecule has 0 saturated heterocycles. The van der Waals surface area contributed by atoms with Crippen LogP contribution in [0.3, 0.4) is 0 Å². The third kappa shape index (κ3) is 4.91. The number of carbonyl (C=O) groups excluding carboxylic acids is 2. The Morgan fingerprint density at radius 1 is 1.33 bits per heavy atom. The Labute approximate surface area is 166 Å². The first-order valence-electron chi connectivity index (χ1n) is 10.4. The predicted molar refractivity (Wildman–Crippen MR) is 109 cm³/mol. The normalized spacial score (nSPS) is 20.0. The van der Waals surface area contributed by atoms with Crippen LogP contribution in [-0.2, 0) is 22.6 Å². The standard InChI is InChI=1S/C21H33N3O2S/c1-2-6-17(20(26)24-11-7-18-16(14-24)8-12-27-18)23-19(25)13-21(15-22)9-4-3-5-10-21/h8,12,17H,2-7,9-11,13-15,22H2,1H3,(H,23,25). The second-order valence-corrected chi connectivity index (χ2v) is 9.23. The monoisotopic (exact) mass is 391 g/mol. The summed E-state index contributed by atoms with van der Waals surface area (Å²) in [6.45, 7) is 4.03. The van der Waals surface area contributed by atoms with Crippen LogP contribution in [-0.4, -0.2) is 35.8 Å². The molecule has 3 N–H and O–H groups in total. The molecule has 1 atom stereocenters. The van der Waals surface area contributed by atoms with Crippen LogP contribution in [0.1, 0.15) is 68.7 Å². The molecule has 1 unspecified atom stereocenters. The molecule has 0 aromatic carbocycles. The maximum absolute atomic E-state index is 13.1. The van der Waals surface area contributed by atoms with Gasteiger partial charge in [0.2, 0.25) is 11.8 Å². The molecule has 27 heavy (non-hydrogen) atoms. The summed E-state index contributed by atoms with van der Waals surface area (Å²) in [7, 11) is 0. The minimum atomic E-state index is -0.416. The maximum atomic E-state index is 13.1. The van der Waals surface area contributed by atoms with Crippen molar-refractivity contribution in [2.24, 2.45) is 11.1 Å². The fourth-order valence-electron chi connectivity index (χ4n) is 4.54. The van der Waals surface area contributed by atoms with Crippen molar-refractivity contribution in [1.82, 2.24) is 10.2 Å². The van der Waals surface area contributed by atoms with Crippen molar-refractivity contribution in [3.05, 3.63) is 21.9 Å². The summed E-state index contributed by atoms with van der Waals surface area (Å²) in [5.41, 5.74) is 7.22. The molecule has 6 heteroatoms. The van der Waals surface area contributed by atoms with E-state index < -0.39 is 6.04 Å². The van der Waals surface area contributed by atoms with Gasteiger partial charge in [0.25, 0.3) is 0 Å². The van der Waals surface area contributed by atoms with Gasteiger partial charge < -0.3 is 16.0 Å². The van der Waals surface area contributed by atoms with Crippen molar-refractivity contribution < 1.29 is 9.59 Å². The number of hydrogen-bond donors (Lipinski definition) is 2. The van der Waals surface area contributed by atoms with Gasteiger partial charge in [-0.25, -0.2) is 0 Å². The molecule has 1 aliphatic heterocycles. The predicted octanol–water partition coefficient (Wildman–Crippen LogP) is 3.22. The van der Waals surface area contributed by atoms with Crippen molar-refractivity contribution in [1.29, 1.82) is 0 Å². The van der Waals surface area contributed by atoms with Gasteiger partial charge in [0, 0.05) is 24.4 Å². The molecule has 1 fully saturated rings. The highest BCUT2D eigenvalue weighted by atomic mass is 32.1. The molecule has 1 saturated carbocycles. The first-order chi connectivity index (χ1) is 13.1. The van der Waals surface area contributed by atoms with Crippen LogP contribution < -0.4 is 11.1 Å². The number of nitrogens with one attached hydrogen (secondary N) is 1. The second-order valence-electron chi connectivity index (χ2n) is 8.23. The fourth-order valence-corrected chi connectivity index (χ4v) is 5.43. The molecular formula is C21H33N3O2S. The number of thiophene rings is 1. The Morgan fingerprint density at radius 2 is 2.11 bits per heavy atom. The van der Waals surface area contributed by atoms with E-state index in [0.29, 0.717) is 25.9 Å². The molecule has 1 aromatic heterocycles. The minimum Gasteiger partial charge on any atom is -0.344 e. The van der Waals surface area contributed by atoms with E-state index in [-0.39, 0.29) is 17.2 Å². The Balaban J connectivity index is 1.61. The van der Waals surface area contributed by atoms with Gasteiger partial charge in [0.1, 0.15) is 6.04 Å². The fraction of sp³-hybridized carbons (Fsp3) is 0.714. The summed E-state index contributed by atoms with van der Waals surface area (Å²) in [5, 5.41) is 5.15. The van der Waals surface area contributed by atoms with Crippen molar-refractivity contribution >= 4 is 23.2 Å². The Hall–Kier alpha value is -1.40. The zero-order chi connectivity index (χ0) is 19.3.